The number of methoxy groups -OCH3 is 1. The molecule has 0 unspecified atom stereocenters. The maximum atomic E-state index is 12.6. The molecule has 4 aliphatic rings. The van der Waals surface area contributed by atoms with Crippen LogP contribution in [-0.4, -0.2) is 30.1 Å². The third kappa shape index (κ3) is 5.94. The number of esters is 2. The van der Waals surface area contributed by atoms with Crippen molar-refractivity contribution < 1.29 is 19.1 Å². The molecule has 6 atom stereocenters. The van der Waals surface area contributed by atoms with Crippen molar-refractivity contribution in [3.8, 4) is 0 Å². The van der Waals surface area contributed by atoms with E-state index in [1.165, 1.54) is 43.9 Å². The molecule has 2 fully saturated rings. The molecule has 5 rings (SSSR count). The molecule has 0 aliphatic heterocycles. The summed E-state index contributed by atoms with van der Waals surface area (Å²) in [4.78, 5) is 28.2. The van der Waals surface area contributed by atoms with E-state index in [0.29, 0.717) is 18.8 Å². The van der Waals surface area contributed by atoms with Crippen molar-refractivity contribution >= 4 is 17.5 Å². The van der Waals surface area contributed by atoms with Crippen molar-refractivity contribution in [1.29, 1.82) is 0 Å². The van der Waals surface area contributed by atoms with Crippen LogP contribution >= 0.6 is 0 Å². The van der Waals surface area contributed by atoms with E-state index in [-0.39, 0.29) is 28.9 Å². The summed E-state index contributed by atoms with van der Waals surface area (Å²) in [5.41, 5.74) is 4.90. The van der Waals surface area contributed by atoms with Gasteiger partial charge in [-0.1, -0.05) is 63.3 Å². The molecular formula is C35H49NO4. The summed E-state index contributed by atoms with van der Waals surface area (Å²) in [7, 11) is 1.44. The van der Waals surface area contributed by atoms with E-state index in [4.69, 9.17) is 4.74 Å². The van der Waals surface area contributed by atoms with Crippen LogP contribution < -0.4 is 0 Å². The largest absolute Gasteiger partial charge is 0.469 e. The Morgan fingerprint density at radius 2 is 1.62 bits per heavy atom. The fourth-order valence-corrected chi connectivity index (χ4v) is 8.86. The Bertz CT molecular complexity index is 1110. The molecule has 0 bridgehead atoms. The Kier molecular flexibility index (Phi) is 9.17. The van der Waals surface area contributed by atoms with Crippen LogP contribution in [0.4, 0.5) is 0 Å². The maximum absolute atomic E-state index is 12.6. The highest BCUT2D eigenvalue weighted by atomic mass is 16.5. The average Bonchev–Trinajstić information content (AvgIpc) is 3.32. The van der Waals surface area contributed by atoms with Crippen LogP contribution in [0.1, 0.15) is 116 Å². The Morgan fingerprint density at radius 1 is 0.900 bits per heavy atom. The summed E-state index contributed by atoms with van der Waals surface area (Å²) in [6.07, 6.45) is 24.1. The molecule has 0 amide bonds. The molecule has 40 heavy (non-hydrogen) atoms. The molecule has 1 aromatic rings. The smallest absolute Gasteiger partial charge is 0.306 e. The van der Waals surface area contributed by atoms with Gasteiger partial charge in [-0.05, 0) is 97.2 Å². The third-order valence-electron chi connectivity index (χ3n) is 11.1. The third-order valence-corrected chi connectivity index (χ3v) is 11.1. The van der Waals surface area contributed by atoms with Gasteiger partial charge < -0.3 is 9.47 Å². The molecule has 5 nitrogen and oxygen atoms in total. The van der Waals surface area contributed by atoms with Gasteiger partial charge in [-0.15, -0.1) is 0 Å². The normalized spacial score (nSPS) is 32.7. The fourth-order valence-electron chi connectivity index (χ4n) is 8.86. The van der Waals surface area contributed by atoms with Gasteiger partial charge in [-0.2, -0.15) is 0 Å². The predicted molar refractivity (Wildman–Crippen MR) is 158 cm³/mol. The molecule has 0 spiro atoms. The number of rotatable bonds is 11. The van der Waals surface area contributed by atoms with Gasteiger partial charge in [0, 0.05) is 31.7 Å². The van der Waals surface area contributed by atoms with Gasteiger partial charge in [0.15, 0.2) is 0 Å². The highest BCUT2D eigenvalue weighted by Crippen LogP contribution is 2.66. The van der Waals surface area contributed by atoms with Crippen molar-refractivity contribution in [3.63, 3.8) is 0 Å². The lowest BCUT2D eigenvalue weighted by atomic mass is 9.47. The second kappa shape index (κ2) is 12.6. The quantitative estimate of drug-likeness (QED) is 0.159. The first-order valence-electron chi connectivity index (χ1n) is 15.9. The lowest BCUT2D eigenvalue weighted by molar-refractivity contribution is -0.151. The number of ether oxygens (including phenoxy) is 2. The molecule has 1 heterocycles. The minimum absolute atomic E-state index is 0.0259. The van der Waals surface area contributed by atoms with Crippen LogP contribution in [0.2, 0.25) is 0 Å². The number of carbonyl (C=O) groups excluding carboxylic acids is 2. The van der Waals surface area contributed by atoms with Gasteiger partial charge in [0.25, 0.3) is 0 Å². The highest BCUT2D eigenvalue weighted by Gasteiger charge is 2.57. The van der Waals surface area contributed by atoms with Crippen LogP contribution in [0, 0.1) is 28.6 Å². The highest BCUT2D eigenvalue weighted by molar-refractivity contribution is 5.72. The molecule has 4 aliphatic carbocycles. The Morgan fingerprint density at radius 3 is 2.35 bits per heavy atom. The first kappa shape index (κ1) is 29.1. The maximum Gasteiger partial charge on any atom is 0.306 e. The molecule has 1 aromatic heterocycles. The zero-order valence-electron chi connectivity index (χ0n) is 25.0. The van der Waals surface area contributed by atoms with Crippen molar-refractivity contribution in [2.24, 2.45) is 28.6 Å². The number of unbranched alkanes of at least 4 members (excludes halogenated alkanes) is 5. The second-order valence-electron chi connectivity index (χ2n) is 13.4. The van der Waals surface area contributed by atoms with Gasteiger partial charge in [0.2, 0.25) is 0 Å². The van der Waals surface area contributed by atoms with Gasteiger partial charge in [-0.25, -0.2) is 0 Å². The Hall–Kier alpha value is -2.43. The number of nitrogens with zero attached hydrogens (tertiary/aromatic N) is 1. The average molecular weight is 548 g/mol. The Balaban J connectivity index is 1.09. The van der Waals surface area contributed by atoms with Crippen LogP contribution in [0.15, 0.2) is 42.3 Å². The molecule has 218 valence electrons. The fraction of sp³-hybridized carbons (Fsp3) is 0.686. The minimum atomic E-state index is -0.127. The lowest BCUT2D eigenvalue weighted by Gasteiger charge is -2.57. The van der Waals surface area contributed by atoms with Crippen LogP contribution in [-0.2, 0) is 19.1 Å². The van der Waals surface area contributed by atoms with E-state index in [2.05, 4.69) is 47.9 Å². The van der Waals surface area contributed by atoms with E-state index in [1.807, 2.05) is 12.4 Å². The van der Waals surface area contributed by atoms with E-state index >= 15 is 0 Å². The minimum Gasteiger partial charge on any atom is -0.469 e. The van der Waals surface area contributed by atoms with E-state index in [1.54, 1.807) is 5.57 Å². The van der Waals surface area contributed by atoms with Crippen LogP contribution in [0.3, 0.4) is 0 Å². The Labute approximate surface area is 241 Å². The summed E-state index contributed by atoms with van der Waals surface area (Å²) in [5, 5.41) is 0. The van der Waals surface area contributed by atoms with Crippen molar-refractivity contribution in [2.75, 3.05) is 7.11 Å². The van der Waals surface area contributed by atoms with E-state index in [9.17, 15) is 9.59 Å². The molecule has 0 N–H and O–H groups in total. The zero-order chi connectivity index (χ0) is 28.2. The van der Waals surface area contributed by atoms with Gasteiger partial charge in [0.05, 0.1) is 7.11 Å². The summed E-state index contributed by atoms with van der Waals surface area (Å²) in [6, 6.07) is 4.30. The first-order valence-corrected chi connectivity index (χ1v) is 15.9. The summed E-state index contributed by atoms with van der Waals surface area (Å²) >= 11 is 0. The molecule has 2 saturated carbocycles. The molecule has 0 saturated heterocycles. The van der Waals surface area contributed by atoms with Gasteiger partial charge in [-0.3, -0.25) is 14.6 Å². The lowest BCUT2D eigenvalue weighted by Crippen LogP contribution is -2.50. The summed E-state index contributed by atoms with van der Waals surface area (Å²) in [6.45, 7) is 5.04. The van der Waals surface area contributed by atoms with Gasteiger partial charge >= 0.3 is 11.9 Å². The van der Waals surface area contributed by atoms with Crippen molar-refractivity contribution in [2.45, 2.75) is 116 Å². The number of pyridine rings is 1. The van der Waals surface area contributed by atoms with Crippen molar-refractivity contribution in [3.05, 3.63) is 47.8 Å². The zero-order valence-corrected chi connectivity index (χ0v) is 25.0. The van der Waals surface area contributed by atoms with Crippen LogP contribution in [0.25, 0.3) is 5.57 Å². The molecule has 5 heteroatoms. The monoisotopic (exact) mass is 547 g/mol. The number of allylic oxidation sites excluding steroid dienone is 3. The summed E-state index contributed by atoms with van der Waals surface area (Å²) < 4.78 is 10.7. The number of aromatic nitrogens is 1. The number of hydrogen-bond donors (Lipinski definition) is 0. The first-order chi connectivity index (χ1) is 19.3. The summed E-state index contributed by atoms with van der Waals surface area (Å²) in [5.74, 6) is 2.02. The second-order valence-corrected chi connectivity index (χ2v) is 13.4. The predicted octanol–water partition coefficient (Wildman–Crippen LogP) is 8.24. The molecule has 0 radical (unpaired) electrons. The standard InChI is InChI=1S/C35H49NO4/c1-34-20-18-27(40-33(38)13-9-7-5-4-6-8-12-32(37)39-3)23-26(34)14-15-28-30-17-16-29(25-11-10-22-36-24-25)35(30,2)21-19-31(28)34/h10-11,14,16,22,24,27-28,30-31H,4-9,12-13,15,17-21,23H2,1-3H3/t27-,28+,30+,31+,34+,35-/m1/s1. The van der Waals surface area contributed by atoms with Crippen molar-refractivity contribution in [1.82, 2.24) is 4.98 Å². The molecule has 0 aromatic carbocycles. The number of hydrogen-bond acceptors (Lipinski definition) is 5. The number of fused-ring (bicyclic) bond motifs is 5. The molecular weight excluding hydrogens is 498 g/mol. The van der Waals surface area contributed by atoms with E-state index in [0.717, 1.165) is 69.6 Å². The van der Waals surface area contributed by atoms with E-state index < -0.39 is 0 Å². The topological polar surface area (TPSA) is 65.5 Å². The van der Waals surface area contributed by atoms with Gasteiger partial charge in [0.1, 0.15) is 6.10 Å². The SMILES string of the molecule is COC(=O)CCCCCCCCC(=O)O[C@@H]1CC[C@@]2(C)C(=CC[C@@H]3[C@@H]2CC[C@]2(C)C(c4cccnc4)=CC[C@@H]32)C1. The van der Waals surface area contributed by atoms with Crippen LogP contribution in [0.5, 0.6) is 0 Å². The number of carbonyl (C=O) groups is 2.